The number of carboxylic acids is 1. The maximum Gasteiger partial charge on any atom is 0.339 e. The number of carbonyl (C=O) groups is 1. The van der Waals surface area contributed by atoms with Gasteiger partial charge in [-0.3, -0.25) is 9.67 Å². The minimum absolute atomic E-state index is 0.242. The summed E-state index contributed by atoms with van der Waals surface area (Å²) >= 11 is 0. The van der Waals surface area contributed by atoms with Gasteiger partial charge in [0.1, 0.15) is 5.56 Å². The van der Waals surface area contributed by atoms with Gasteiger partial charge >= 0.3 is 5.97 Å². The van der Waals surface area contributed by atoms with Gasteiger partial charge < -0.3 is 5.11 Å². The van der Waals surface area contributed by atoms with Gasteiger partial charge in [-0.2, -0.15) is 5.10 Å². The third-order valence-electron chi connectivity index (χ3n) is 2.39. The van der Waals surface area contributed by atoms with E-state index in [4.69, 9.17) is 5.11 Å². The van der Waals surface area contributed by atoms with Gasteiger partial charge in [-0.15, -0.1) is 0 Å². The molecule has 0 aromatic carbocycles. The van der Waals surface area contributed by atoms with Crippen LogP contribution < -0.4 is 0 Å². The van der Waals surface area contributed by atoms with Gasteiger partial charge in [-0.05, 0) is 11.6 Å². The molecule has 2 aromatic rings. The predicted molar refractivity (Wildman–Crippen MR) is 57.2 cm³/mol. The largest absolute Gasteiger partial charge is 0.478 e. The van der Waals surface area contributed by atoms with Gasteiger partial charge in [0, 0.05) is 25.9 Å². The second-order valence-corrected chi connectivity index (χ2v) is 3.47. The smallest absolute Gasteiger partial charge is 0.339 e. The molecule has 0 amide bonds. The highest BCUT2D eigenvalue weighted by atomic mass is 16.4. The molecule has 0 atom stereocenters. The van der Waals surface area contributed by atoms with Crippen molar-refractivity contribution in [1.82, 2.24) is 14.8 Å². The highest BCUT2D eigenvalue weighted by molar-refractivity contribution is 5.88. The van der Waals surface area contributed by atoms with E-state index in [1.54, 1.807) is 24.1 Å². The lowest BCUT2D eigenvalue weighted by atomic mass is 10.1. The van der Waals surface area contributed by atoms with Crippen molar-refractivity contribution >= 4 is 5.97 Å². The summed E-state index contributed by atoms with van der Waals surface area (Å²) in [4.78, 5) is 14.9. The van der Waals surface area contributed by atoms with Crippen molar-refractivity contribution in [1.29, 1.82) is 0 Å². The van der Waals surface area contributed by atoms with E-state index in [-0.39, 0.29) is 5.56 Å². The Hall–Kier alpha value is -2.17. The maximum absolute atomic E-state index is 11.0. The standard InChI is InChI=1S/C11H11N3O2/c1-14-10(9(7-13-14)11(15)16)5-8-3-2-4-12-6-8/h2-4,6-7H,5H2,1H3,(H,15,16). The van der Waals surface area contributed by atoms with Crippen LogP contribution in [0.25, 0.3) is 0 Å². The summed E-state index contributed by atoms with van der Waals surface area (Å²) in [6, 6.07) is 3.73. The van der Waals surface area contributed by atoms with Crippen LogP contribution in [-0.4, -0.2) is 25.8 Å². The molecule has 0 aliphatic carbocycles. The Labute approximate surface area is 92.4 Å². The fraction of sp³-hybridized carbons (Fsp3) is 0.182. The Kier molecular flexibility index (Phi) is 2.68. The zero-order chi connectivity index (χ0) is 11.5. The molecule has 0 saturated heterocycles. The van der Waals surface area contributed by atoms with Crippen molar-refractivity contribution in [3.05, 3.63) is 47.5 Å². The van der Waals surface area contributed by atoms with Crippen LogP contribution in [0.4, 0.5) is 0 Å². The molecule has 2 heterocycles. The zero-order valence-electron chi connectivity index (χ0n) is 8.79. The number of hydrogen-bond acceptors (Lipinski definition) is 3. The van der Waals surface area contributed by atoms with Gasteiger partial charge in [0.15, 0.2) is 0 Å². The third kappa shape index (κ3) is 1.93. The number of nitrogens with zero attached hydrogens (tertiary/aromatic N) is 3. The summed E-state index contributed by atoms with van der Waals surface area (Å²) in [7, 11) is 1.73. The summed E-state index contributed by atoms with van der Waals surface area (Å²) < 4.78 is 1.58. The lowest BCUT2D eigenvalue weighted by Crippen LogP contribution is -2.05. The second-order valence-electron chi connectivity index (χ2n) is 3.47. The molecular formula is C11H11N3O2. The molecule has 16 heavy (non-hydrogen) atoms. The highest BCUT2D eigenvalue weighted by Gasteiger charge is 2.14. The number of rotatable bonds is 3. The number of aryl methyl sites for hydroxylation is 1. The van der Waals surface area contributed by atoms with E-state index in [1.807, 2.05) is 12.1 Å². The third-order valence-corrected chi connectivity index (χ3v) is 2.39. The first-order valence-electron chi connectivity index (χ1n) is 4.81. The summed E-state index contributed by atoms with van der Waals surface area (Å²) in [5.41, 5.74) is 1.89. The molecule has 0 aliphatic heterocycles. The molecule has 0 unspecified atom stereocenters. The molecule has 1 N–H and O–H groups in total. The molecule has 2 aromatic heterocycles. The monoisotopic (exact) mass is 217 g/mol. The van der Waals surface area contributed by atoms with E-state index in [0.29, 0.717) is 12.1 Å². The molecule has 5 heteroatoms. The molecule has 0 radical (unpaired) electrons. The lowest BCUT2D eigenvalue weighted by molar-refractivity contribution is 0.0695. The first kappa shape index (κ1) is 10.4. The minimum Gasteiger partial charge on any atom is -0.478 e. The summed E-state index contributed by atoms with van der Waals surface area (Å²) in [5.74, 6) is -0.952. The Bertz CT molecular complexity index is 505. The first-order valence-corrected chi connectivity index (χ1v) is 4.81. The SMILES string of the molecule is Cn1ncc(C(=O)O)c1Cc1cccnc1. The predicted octanol–water partition coefficient (Wildman–Crippen LogP) is 1.10. The van der Waals surface area contributed by atoms with Crippen molar-refractivity contribution in [2.24, 2.45) is 7.05 Å². The molecule has 2 rings (SSSR count). The topological polar surface area (TPSA) is 68.0 Å². The summed E-state index contributed by atoms with van der Waals surface area (Å²) in [6.07, 6.45) is 5.30. The molecule has 0 bridgehead atoms. The normalized spacial score (nSPS) is 10.3. The van der Waals surface area contributed by atoms with Crippen LogP contribution in [0.2, 0.25) is 0 Å². The van der Waals surface area contributed by atoms with E-state index in [1.165, 1.54) is 6.20 Å². The molecule has 0 aliphatic rings. The van der Waals surface area contributed by atoms with Gasteiger partial charge in [0.05, 0.1) is 11.9 Å². The van der Waals surface area contributed by atoms with Crippen LogP contribution in [0.3, 0.4) is 0 Å². The Morgan fingerprint density at radius 1 is 1.50 bits per heavy atom. The van der Waals surface area contributed by atoms with E-state index in [0.717, 1.165) is 5.56 Å². The highest BCUT2D eigenvalue weighted by Crippen LogP contribution is 2.12. The van der Waals surface area contributed by atoms with Crippen LogP contribution in [0.15, 0.2) is 30.7 Å². The van der Waals surface area contributed by atoms with Gasteiger partial charge in [-0.25, -0.2) is 4.79 Å². The van der Waals surface area contributed by atoms with Gasteiger partial charge in [0.2, 0.25) is 0 Å². The summed E-state index contributed by atoms with van der Waals surface area (Å²) in [5, 5.41) is 12.9. The van der Waals surface area contributed by atoms with Crippen LogP contribution in [-0.2, 0) is 13.5 Å². The van der Waals surface area contributed by atoms with Crippen LogP contribution >= 0.6 is 0 Å². The fourth-order valence-corrected chi connectivity index (χ4v) is 1.55. The molecular weight excluding hydrogens is 206 g/mol. The van der Waals surface area contributed by atoms with Crippen molar-refractivity contribution < 1.29 is 9.90 Å². The zero-order valence-corrected chi connectivity index (χ0v) is 8.79. The van der Waals surface area contributed by atoms with Gasteiger partial charge in [-0.1, -0.05) is 6.07 Å². The molecule has 0 saturated carbocycles. The Balaban J connectivity index is 2.34. The average Bonchev–Trinajstić information content (AvgIpc) is 2.62. The quantitative estimate of drug-likeness (QED) is 0.836. The van der Waals surface area contributed by atoms with Crippen LogP contribution in [0.1, 0.15) is 21.6 Å². The number of pyridine rings is 1. The number of carboxylic acid groups (broad SMARTS) is 1. The summed E-state index contributed by atoms with van der Waals surface area (Å²) in [6.45, 7) is 0. The number of aromatic carboxylic acids is 1. The second kappa shape index (κ2) is 4.14. The fourth-order valence-electron chi connectivity index (χ4n) is 1.55. The number of aromatic nitrogens is 3. The lowest BCUT2D eigenvalue weighted by Gasteiger charge is -2.03. The number of hydrogen-bond donors (Lipinski definition) is 1. The maximum atomic E-state index is 11.0. The first-order chi connectivity index (χ1) is 7.68. The van der Waals surface area contributed by atoms with Crippen molar-refractivity contribution in [2.75, 3.05) is 0 Å². The van der Waals surface area contributed by atoms with Gasteiger partial charge in [0.25, 0.3) is 0 Å². The van der Waals surface area contributed by atoms with E-state index >= 15 is 0 Å². The van der Waals surface area contributed by atoms with Crippen LogP contribution in [0, 0.1) is 0 Å². The molecule has 82 valence electrons. The molecule has 0 fully saturated rings. The van der Waals surface area contributed by atoms with Crippen molar-refractivity contribution in [3.8, 4) is 0 Å². The van der Waals surface area contributed by atoms with Crippen LogP contribution in [0.5, 0.6) is 0 Å². The Morgan fingerprint density at radius 2 is 2.31 bits per heavy atom. The van der Waals surface area contributed by atoms with E-state index in [2.05, 4.69) is 10.1 Å². The van der Waals surface area contributed by atoms with E-state index < -0.39 is 5.97 Å². The molecule has 0 spiro atoms. The van der Waals surface area contributed by atoms with Crippen molar-refractivity contribution in [3.63, 3.8) is 0 Å². The van der Waals surface area contributed by atoms with Crippen molar-refractivity contribution in [2.45, 2.75) is 6.42 Å². The molecule has 5 nitrogen and oxygen atoms in total. The van der Waals surface area contributed by atoms with E-state index in [9.17, 15) is 4.79 Å². The minimum atomic E-state index is -0.952. The Morgan fingerprint density at radius 3 is 2.94 bits per heavy atom. The average molecular weight is 217 g/mol.